The van der Waals surface area contributed by atoms with Crippen LogP contribution in [0.2, 0.25) is 0 Å². The maximum absolute atomic E-state index is 5.99. The summed E-state index contributed by atoms with van der Waals surface area (Å²) in [5, 5.41) is 2.22. The minimum Gasteiger partial charge on any atom is -0.422 e. The lowest BCUT2D eigenvalue weighted by Crippen LogP contribution is -2.37. The molecule has 1 aliphatic rings. The molecule has 3 nitrogen and oxygen atoms in total. The Bertz CT molecular complexity index is 751. The Morgan fingerprint density at radius 1 is 0.762 bits per heavy atom. The number of benzene rings is 3. The first-order valence-electron chi connectivity index (χ1n) is 6.82. The van der Waals surface area contributed by atoms with Gasteiger partial charge in [0.15, 0.2) is 11.5 Å². The molecule has 1 aliphatic heterocycles. The fraction of sp³-hybridized carbons (Fsp3) is 0.111. The van der Waals surface area contributed by atoms with E-state index < -0.39 is 5.97 Å². The van der Waals surface area contributed by atoms with Crippen molar-refractivity contribution in [2.45, 2.75) is 5.97 Å². The predicted octanol–water partition coefficient (Wildman–Crippen LogP) is 4.07. The average Bonchev–Trinajstić information content (AvgIpc) is 2.92. The van der Waals surface area contributed by atoms with Gasteiger partial charge in [-0.25, -0.2) is 0 Å². The van der Waals surface area contributed by atoms with Gasteiger partial charge in [0.25, 0.3) is 0 Å². The van der Waals surface area contributed by atoms with Crippen LogP contribution in [0.1, 0.15) is 5.56 Å². The van der Waals surface area contributed by atoms with Crippen LogP contribution in [0, 0.1) is 0 Å². The zero-order valence-corrected chi connectivity index (χ0v) is 11.6. The molecule has 0 unspecified atom stereocenters. The van der Waals surface area contributed by atoms with E-state index in [0.29, 0.717) is 11.5 Å². The van der Waals surface area contributed by atoms with Gasteiger partial charge in [0.05, 0.1) is 5.56 Å². The predicted molar refractivity (Wildman–Crippen MR) is 80.3 cm³/mol. The van der Waals surface area contributed by atoms with Gasteiger partial charge in [0, 0.05) is 7.11 Å². The molecule has 21 heavy (non-hydrogen) atoms. The van der Waals surface area contributed by atoms with E-state index >= 15 is 0 Å². The highest BCUT2D eigenvalue weighted by atomic mass is 16.9. The minimum atomic E-state index is -1.21. The van der Waals surface area contributed by atoms with Gasteiger partial charge in [-0.3, -0.25) is 0 Å². The maximum atomic E-state index is 5.99. The van der Waals surface area contributed by atoms with Crippen molar-refractivity contribution in [1.29, 1.82) is 0 Å². The molecule has 3 aromatic rings. The number of fused-ring (bicyclic) bond motifs is 2. The Morgan fingerprint density at radius 3 is 1.81 bits per heavy atom. The average molecular weight is 278 g/mol. The number of ether oxygens (including phenoxy) is 3. The second kappa shape index (κ2) is 4.50. The molecule has 0 bridgehead atoms. The molecule has 0 aromatic heterocycles. The van der Waals surface area contributed by atoms with Gasteiger partial charge in [-0.1, -0.05) is 42.5 Å². The van der Waals surface area contributed by atoms with Gasteiger partial charge in [0.2, 0.25) is 0 Å². The van der Waals surface area contributed by atoms with Crippen LogP contribution in [0.4, 0.5) is 0 Å². The van der Waals surface area contributed by atoms with Crippen LogP contribution >= 0.6 is 0 Å². The van der Waals surface area contributed by atoms with Gasteiger partial charge in [0.1, 0.15) is 0 Å². The molecule has 0 N–H and O–H groups in total. The summed E-state index contributed by atoms with van der Waals surface area (Å²) >= 11 is 0. The van der Waals surface area contributed by atoms with Crippen LogP contribution < -0.4 is 9.47 Å². The Kier molecular flexibility index (Phi) is 2.62. The Balaban J connectivity index is 1.83. The van der Waals surface area contributed by atoms with Crippen molar-refractivity contribution in [3.8, 4) is 11.5 Å². The summed E-state index contributed by atoms with van der Waals surface area (Å²) in [7, 11) is 1.58. The highest BCUT2D eigenvalue weighted by Crippen LogP contribution is 2.46. The van der Waals surface area contributed by atoms with Crippen LogP contribution in [0.5, 0.6) is 11.5 Å². The van der Waals surface area contributed by atoms with E-state index in [1.165, 1.54) is 0 Å². The Hall–Kier alpha value is -2.52. The standard InChI is InChI=1S/C18H14O3/c1-19-18(15-9-3-2-4-10-15)20-16-11-13-7-5-6-8-14(13)12-17(16)21-18/h2-12H,1H3. The van der Waals surface area contributed by atoms with Crippen molar-refractivity contribution in [2.75, 3.05) is 7.11 Å². The Labute approximate surface area is 122 Å². The summed E-state index contributed by atoms with van der Waals surface area (Å²) in [5.41, 5.74) is 0.827. The normalized spacial score (nSPS) is 15.3. The molecule has 0 fully saturated rings. The van der Waals surface area contributed by atoms with Gasteiger partial charge >= 0.3 is 5.97 Å². The minimum absolute atomic E-state index is 0.694. The van der Waals surface area contributed by atoms with Crippen molar-refractivity contribution in [1.82, 2.24) is 0 Å². The number of hydrogen-bond donors (Lipinski definition) is 0. The monoisotopic (exact) mass is 278 g/mol. The quantitative estimate of drug-likeness (QED) is 0.707. The number of rotatable bonds is 2. The second-order valence-electron chi connectivity index (χ2n) is 4.98. The molecule has 0 radical (unpaired) electrons. The molecule has 1 heterocycles. The van der Waals surface area contributed by atoms with E-state index in [2.05, 4.69) is 0 Å². The van der Waals surface area contributed by atoms with Crippen LogP contribution in [0.3, 0.4) is 0 Å². The molecule has 0 saturated heterocycles. The van der Waals surface area contributed by atoms with E-state index in [4.69, 9.17) is 14.2 Å². The SMILES string of the molecule is COC1(c2ccccc2)Oc2cc3ccccc3cc2O1. The largest absolute Gasteiger partial charge is 0.422 e. The van der Waals surface area contributed by atoms with E-state index in [0.717, 1.165) is 16.3 Å². The van der Waals surface area contributed by atoms with Gasteiger partial charge in [-0.05, 0) is 35.0 Å². The van der Waals surface area contributed by atoms with Crippen LogP contribution in [-0.4, -0.2) is 7.11 Å². The summed E-state index contributed by atoms with van der Waals surface area (Å²) in [6, 6.07) is 21.7. The lowest BCUT2D eigenvalue weighted by Gasteiger charge is -2.25. The van der Waals surface area contributed by atoms with Crippen molar-refractivity contribution >= 4 is 10.8 Å². The molecule has 3 heteroatoms. The molecule has 0 spiro atoms. The third-order valence-corrected chi connectivity index (χ3v) is 3.70. The molecule has 0 atom stereocenters. The summed E-state index contributed by atoms with van der Waals surface area (Å²) < 4.78 is 17.5. The lowest BCUT2D eigenvalue weighted by atomic mass is 10.1. The van der Waals surface area contributed by atoms with Crippen molar-refractivity contribution < 1.29 is 14.2 Å². The third-order valence-electron chi connectivity index (χ3n) is 3.70. The van der Waals surface area contributed by atoms with E-state index in [1.807, 2.05) is 66.7 Å². The van der Waals surface area contributed by atoms with Gasteiger partial charge in [-0.15, -0.1) is 0 Å². The summed E-state index contributed by atoms with van der Waals surface area (Å²) in [5.74, 6) is 0.180. The highest BCUT2D eigenvalue weighted by molar-refractivity contribution is 5.86. The van der Waals surface area contributed by atoms with Crippen LogP contribution in [0.25, 0.3) is 10.8 Å². The van der Waals surface area contributed by atoms with Crippen molar-refractivity contribution in [3.05, 3.63) is 72.3 Å². The first-order chi connectivity index (χ1) is 10.3. The fourth-order valence-corrected chi connectivity index (χ4v) is 2.63. The van der Waals surface area contributed by atoms with Crippen LogP contribution in [-0.2, 0) is 10.7 Å². The molecule has 3 aromatic carbocycles. The van der Waals surface area contributed by atoms with E-state index in [9.17, 15) is 0 Å². The second-order valence-corrected chi connectivity index (χ2v) is 4.98. The Morgan fingerprint density at radius 2 is 1.29 bits per heavy atom. The van der Waals surface area contributed by atoms with Crippen molar-refractivity contribution in [2.24, 2.45) is 0 Å². The number of hydrogen-bond acceptors (Lipinski definition) is 3. The van der Waals surface area contributed by atoms with Crippen LogP contribution in [0.15, 0.2) is 66.7 Å². The molecule has 0 aliphatic carbocycles. The molecule has 0 amide bonds. The first-order valence-corrected chi connectivity index (χ1v) is 6.82. The molecular weight excluding hydrogens is 264 g/mol. The topological polar surface area (TPSA) is 27.7 Å². The zero-order chi connectivity index (χ0) is 14.3. The summed E-state index contributed by atoms with van der Waals surface area (Å²) in [6.45, 7) is 0. The lowest BCUT2D eigenvalue weighted by molar-refractivity contribution is -0.279. The highest BCUT2D eigenvalue weighted by Gasteiger charge is 2.44. The van der Waals surface area contributed by atoms with Gasteiger partial charge in [-0.2, -0.15) is 0 Å². The fourth-order valence-electron chi connectivity index (χ4n) is 2.63. The molecule has 104 valence electrons. The molecule has 0 saturated carbocycles. The number of methoxy groups -OCH3 is 1. The zero-order valence-electron chi connectivity index (χ0n) is 11.6. The summed E-state index contributed by atoms with van der Waals surface area (Å²) in [4.78, 5) is 0. The molecule has 4 rings (SSSR count). The van der Waals surface area contributed by atoms with E-state index in [-0.39, 0.29) is 0 Å². The first kappa shape index (κ1) is 12.2. The molecular formula is C18H14O3. The van der Waals surface area contributed by atoms with Crippen molar-refractivity contribution in [3.63, 3.8) is 0 Å². The third kappa shape index (κ3) is 1.86. The summed E-state index contributed by atoms with van der Waals surface area (Å²) in [6.07, 6.45) is 0. The maximum Gasteiger partial charge on any atom is 0.401 e. The van der Waals surface area contributed by atoms with Gasteiger partial charge < -0.3 is 14.2 Å². The van der Waals surface area contributed by atoms with E-state index in [1.54, 1.807) is 7.11 Å². The smallest absolute Gasteiger partial charge is 0.401 e.